The van der Waals surface area contributed by atoms with Crippen molar-refractivity contribution in [3.8, 4) is 0 Å². The molecule has 2 aromatic heterocycles. The second kappa shape index (κ2) is 4.63. The molecule has 0 bridgehead atoms. The number of hydrogen-bond donors (Lipinski definition) is 1. The topological polar surface area (TPSA) is 55.1 Å². The van der Waals surface area contributed by atoms with Gasteiger partial charge in [-0.15, -0.1) is 0 Å². The summed E-state index contributed by atoms with van der Waals surface area (Å²) >= 11 is 0. The molecule has 0 saturated heterocycles. The van der Waals surface area contributed by atoms with E-state index in [2.05, 4.69) is 9.55 Å². The van der Waals surface area contributed by atoms with Crippen LogP contribution in [0.25, 0.3) is 21.8 Å². The van der Waals surface area contributed by atoms with Gasteiger partial charge in [0.05, 0.1) is 11.4 Å². The van der Waals surface area contributed by atoms with Crippen LogP contribution in [0.3, 0.4) is 0 Å². The summed E-state index contributed by atoms with van der Waals surface area (Å²) in [5.41, 5.74) is 3.01. The molecule has 0 saturated carbocycles. The molecular weight excluding hydrogens is 252 g/mol. The van der Waals surface area contributed by atoms with Crippen LogP contribution < -0.4 is 0 Å². The molecule has 0 aliphatic carbocycles. The van der Waals surface area contributed by atoms with Crippen LogP contribution in [0, 0.1) is 0 Å². The van der Waals surface area contributed by atoms with Crippen LogP contribution in [0.4, 0.5) is 0 Å². The highest BCUT2D eigenvalue weighted by molar-refractivity contribution is 6.07. The Bertz CT molecular complexity index is 805. The van der Waals surface area contributed by atoms with Crippen LogP contribution in [0.1, 0.15) is 24.8 Å². The van der Waals surface area contributed by atoms with E-state index in [1.54, 1.807) is 6.20 Å². The van der Waals surface area contributed by atoms with E-state index in [4.69, 9.17) is 0 Å². The summed E-state index contributed by atoms with van der Waals surface area (Å²) in [4.78, 5) is 15.5. The molecular formula is C16H16N2O2. The van der Waals surface area contributed by atoms with Crippen LogP contribution in [0.15, 0.2) is 36.7 Å². The lowest BCUT2D eigenvalue weighted by Crippen LogP contribution is -2.10. The Morgan fingerprint density at radius 2 is 2.10 bits per heavy atom. The van der Waals surface area contributed by atoms with Gasteiger partial charge in [-0.25, -0.2) is 0 Å². The first kappa shape index (κ1) is 12.7. The van der Waals surface area contributed by atoms with Crippen molar-refractivity contribution in [2.45, 2.75) is 19.3 Å². The van der Waals surface area contributed by atoms with Crippen molar-refractivity contribution < 1.29 is 9.90 Å². The third-order valence-corrected chi connectivity index (χ3v) is 3.94. The van der Waals surface area contributed by atoms with Crippen molar-refractivity contribution in [3.05, 3.63) is 42.2 Å². The summed E-state index contributed by atoms with van der Waals surface area (Å²) in [6.45, 7) is 1.90. The van der Waals surface area contributed by atoms with E-state index in [1.807, 2.05) is 44.4 Å². The first-order valence-electron chi connectivity index (χ1n) is 6.68. The quantitative estimate of drug-likeness (QED) is 0.793. The van der Waals surface area contributed by atoms with Gasteiger partial charge in [-0.3, -0.25) is 9.78 Å². The highest BCUT2D eigenvalue weighted by atomic mass is 16.4. The molecule has 102 valence electrons. The molecule has 0 amide bonds. The van der Waals surface area contributed by atoms with E-state index in [0.29, 0.717) is 6.42 Å². The molecule has 1 N–H and O–H groups in total. The Morgan fingerprint density at radius 1 is 1.30 bits per heavy atom. The van der Waals surface area contributed by atoms with Crippen LogP contribution in [-0.2, 0) is 11.8 Å². The van der Waals surface area contributed by atoms with Gasteiger partial charge in [-0.2, -0.15) is 0 Å². The lowest BCUT2D eigenvalue weighted by atomic mass is 9.95. The molecule has 0 spiro atoms. The summed E-state index contributed by atoms with van der Waals surface area (Å²) in [6, 6.07) is 7.87. The number of nitrogens with zero attached hydrogens (tertiary/aromatic N) is 2. The van der Waals surface area contributed by atoms with Gasteiger partial charge in [0.25, 0.3) is 0 Å². The average Bonchev–Trinajstić information content (AvgIpc) is 2.73. The summed E-state index contributed by atoms with van der Waals surface area (Å²) < 4.78 is 2.09. The fourth-order valence-corrected chi connectivity index (χ4v) is 2.84. The Balaban J connectivity index is 2.28. The minimum Gasteiger partial charge on any atom is -0.481 e. The lowest BCUT2D eigenvalue weighted by molar-refractivity contribution is -0.138. The summed E-state index contributed by atoms with van der Waals surface area (Å²) in [5, 5.41) is 11.5. The van der Waals surface area contributed by atoms with Crippen molar-refractivity contribution in [2.24, 2.45) is 7.05 Å². The average molecular weight is 268 g/mol. The zero-order chi connectivity index (χ0) is 14.3. The molecule has 4 nitrogen and oxygen atoms in total. The van der Waals surface area contributed by atoms with E-state index >= 15 is 0 Å². The van der Waals surface area contributed by atoms with Gasteiger partial charge in [0, 0.05) is 35.7 Å². The number of carboxylic acid groups (broad SMARTS) is 1. The second-order valence-electron chi connectivity index (χ2n) is 5.03. The lowest BCUT2D eigenvalue weighted by Gasteiger charge is -2.10. The van der Waals surface area contributed by atoms with Gasteiger partial charge in [0.1, 0.15) is 0 Å². The van der Waals surface area contributed by atoms with E-state index in [1.165, 1.54) is 0 Å². The van der Waals surface area contributed by atoms with Crippen LogP contribution in [-0.4, -0.2) is 20.6 Å². The number of fused-ring (bicyclic) bond motifs is 3. The molecule has 0 aliphatic rings. The Morgan fingerprint density at radius 3 is 2.80 bits per heavy atom. The zero-order valence-corrected chi connectivity index (χ0v) is 11.5. The molecule has 3 aromatic rings. The molecule has 1 atom stereocenters. The molecule has 0 aliphatic heterocycles. The number of aryl methyl sites for hydroxylation is 1. The number of carboxylic acids is 1. The van der Waals surface area contributed by atoms with Crippen LogP contribution >= 0.6 is 0 Å². The number of hydrogen-bond acceptors (Lipinski definition) is 2. The predicted octanol–water partition coefficient (Wildman–Crippen LogP) is 3.30. The molecule has 2 heterocycles. The number of benzene rings is 1. The predicted molar refractivity (Wildman–Crippen MR) is 78.9 cm³/mol. The third kappa shape index (κ3) is 1.76. The van der Waals surface area contributed by atoms with Gasteiger partial charge < -0.3 is 9.67 Å². The van der Waals surface area contributed by atoms with E-state index in [-0.39, 0.29) is 0 Å². The van der Waals surface area contributed by atoms with Gasteiger partial charge in [0.15, 0.2) is 0 Å². The zero-order valence-electron chi connectivity index (χ0n) is 11.5. The molecule has 0 radical (unpaired) electrons. The van der Waals surface area contributed by atoms with Crippen molar-refractivity contribution in [2.75, 3.05) is 0 Å². The maximum Gasteiger partial charge on any atom is 0.310 e. The monoisotopic (exact) mass is 268 g/mol. The van der Waals surface area contributed by atoms with Gasteiger partial charge in [-0.1, -0.05) is 19.1 Å². The maximum absolute atomic E-state index is 11.3. The van der Waals surface area contributed by atoms with Gasteiger partial charge in [0.2, 0.25) is 0 Å². The Kier molecular flexibility index (Phi) is 2.93. The fraction of sp³-hybridized carbons (Fsp3) is 0.250. The molecule has 20 heavy (non-hydrogen) atoms. The summed E-state index contributed by atoms with van der Waals surface area (Å²) in [6.07, 6.45) is 4.21. The van der Waals surface area contributed by atoms with Gasteiger partial charge >= 0.3 is 5.97 Å². The Hall–Kier alpha value is -2.36. The SMILES string of the molecule is CCC(C(=O)O)c1ccc2c3cnccc3n(C)c2c1. The maximum atomic E-state index is 11.3. The standard InChI is InChI=1S/C16H16N2O2/c1-3-11(16(19)20)10-4-5-12-13-9-17-7-6-14(13)18(2)15(12)8-10/h4-9,11H,3H2,1-2H3,(H,19,20). The molecule has 3 rings (SSSR count). The van der Waals surface area contributed by atoms with Crippen molar-refractivity contribution >= 4 is 27.8 Å². The highest BCUT2D eigenvalue weighted by Crippen LogP contribution is 2.30. The Labute approximate surface area is 116 Å². The molecule has 4 heteroatoms. The molecule has 0 fully saturated rings. The first-order chi connectivity index (χ1) is 9.63. The number of rotatable bonds is 3. The second-order valence-corrected chi connectivity index (χ2v) is 5.03. The number of aliphatic carboxylic acids is 1. The normalized spacial score (nSPS) is 12.9. The van der Waals surface area contributed by atoms with Gasteiger partial charge in [-0.05, 0) is 24.1 Å². The van der Waals surface area contributed by atoms with Crippen molar-refractivity contribution in [1.82, 2.24) is 9.55 Å². The molecule has 1 unspecified atom stereocenters. The summed E-state index contributed by atoms with van der Waals surface area (Å²) in [7, 11) is 2.00. The van der Waals surface area contributed by atoms with E-state index in [0.717, 1.165) is 27.4 Å². The first-order valence-corrected chi connectivity index (χ1v) is 6.68. The van der Waals surface area contributed by atoms with Crippen LogP contribution in [0.5, 0.6) is 0 Å². The van der Waals surface area contributed by atoms with Crippen molar-refractivity contribution in [1.29, 1.82) is 0 Å². The highest BCUT2D eigenvalue weighted by Gasteiger charge is 2.19. The van der Waals surface area contributed by atoms with E-state index in [9.17, 15) is 9.90 Å². The number of carbonyl (C=O) groups is 1. The molecule has 1 aromatic carbocycles. The fourth-order valence-electron chi connectivity index (χ4n) is 2.84. The third-order valence-electron chi connectivity index (χ3n) is 3.94. The van der Waals surface area contributed by atoms with E-state index < -0.39 is 11.9 Å². The number of pyridine rings is 1. The minimum atomic E-state index is -0.771. The number of aromatic nitrogens is 2. The van der Waals surface area contributed by atoms with Crippen LogP contribution in [0.2, 0.25) is 0 Å². The smallest absolute Gasteiger partial charge is 0.310 e. The largest absolute Gasteiger partial charge is 0.481 e. The van der Waals surface area contributed by atoms with Crippen molar-refractivity contribution in [3.63, 3.8) is 0 Å². The minimum absolute atomic E-state index is 0.449. The summed E-state index contributed by atoms with van der Waals surface area (Å²) in [5.74, 6) is -1.22.